The Morgan fingerprint density at radius 3 is 2.82 bits per heavy atom. The smallest absolute Gasteiger partial charge is 0.272 e. The van der Waals surface area contributed by atoms with Crippen LogP contribution in [-0.4, -0.2) is 42.7 Å². The summed E-state index contributed by atoms with van der Waals surface area (Å²) >= 11 is 6.09. The minimum atomic E-state index is -0.255. The fourth-order valence-electron chi connectivity index (χ4n) is 4.76. The summed E-state index contributed by atoms with van der Waals surface area (Å²) in [7, 11) is 0. The third kappa shape index (κ3) is 3.32. The molecule has 0 bridgehead atoms. The largest absolute Gasteiger partial charge is 0.361 e. The van der Waals surface area contributed by atoms with Gasteiger partial charge < -0.3 is 14.3 Å². The summed E-state index contributed by atoms with van der Waals surface area (Å²) in [5.41, 5.74) is 0.667. The molecular formula is C22H17ClN8O2. The molecule has 0 radical (unpaired) electrons. The molecule has 0 amide bonds. The monoisotopic (exact) mass is 460 g/mol. The second-order valence-electron chi connectivity index (χ2n) is 8.42. The van der Waals surface area contributed by atoms with Crippen LogP contribution in [0, 0.1) is 25.3 Å². The first-order valence-electron chi connectivity index (χ1n) is 10.4. The number of aromatic nitrogens is 6. The zero-order chi connectivity index (χ0) is 22.7. The average Bonchev–Trinajstić information content (AvgIpc) is 3.14. The van der Waals surface area contributed by atoms with E-state index in [4.69, 9.17) is 22.7 Å². The molecule has 4 aromatic heterocycles. The molecule has 10 nitrogen and oxygen atoms in total. The van der Waals surface area contributed by atoms with Crippen LogP contribution in [-0.2, 0) is 6.54 Å². The van der Waals surface area contributed by atoms with Gasteiger partial charge in [0.25, 0.3) is 17.0 Å². The number of piperidine rings is 1. The van der Waals surface area contributed by atoms with Gasteiger partial charge >= 0.3 is 0 Å². The molecule has 2 aliphatic rings. The van der Waals surface area contributed by atoms with Crippen LogP contribution in [0.4, 0.5) is 11.6 Å². The molecule has 0 spiro atoms. The molecule has 0 aromatic carbocycles. The van der Waals surface area contributed by atoms with E-state index >= 15 is 0 Å². The summed E-state index contributed by atoms with van der Waals surface area (Å²) < 4.78 is 6.87. The summed E-state index contributed by atoms with van der Waals surface area (Å²) in [4.78, 5) is 35.8. The van der Waals surface area contributed by atoms with Crippen LogP contribution in [0.1, 0.15) is 23.2 Å². The van der Waals surface area contributed by atoms with Crippen molar-refractivity contribution in [1.29, 1.82) is 0 Å². The molecule has 1 saturated heterocycles. The van der Waals surface area contributed by atoms with Crippen LogP contribution in [0.25, 0.3) is 15.9 Å². The molecule has 33 heavy (non-hydrogen) atoms. The highest BCUT2D eigenvalue weighted by Crippen LogP contribution is 2.57. The zero-order valence-corrected chi connectivity index (χ0v) is 18.3. The van der Waals surface area contributed by atoms with Gasteiger partial charge in [-0.2, -0.15) is 9.97 Å². The lowest BCUT2D eigenvalue weighted by atomic mass is 10.2. The minimum absolute atomic E-state index is 0.124. The van der Waals surface area contributed by atoms with E-state index in [1.165, 1.54) is 10.9 Å². The Hall–Kier alpha value is -3.84. The Balaban J connectivity index is 1.18. The van der Waals surface area contributed by atoms with Gasteiger partial charge in [-0.3, -0.25) is 9.36 Å². The van der Waals surface area contributed by atoms with Gasteiger partial charge in [0.2, 0.25) is 5.89 Å². The number of aryl methyl sites for hydroxylation is 1. The number of hydrogen-bond donors (Lipinski definition) is 0. The van der Waals surface area contributed by atoms with Crippen molar-refractivity contribution >= 4 is 34.3 Å². The van der Waals surface area contributed by atoms with Crippen molar-refractivity contribution in [3.8, 4) is 0 Å². The molecule has 4 aromatic rings. The van der Waals surface area contributed by atoms with Crippen molar-refractivity contribution in [3.63, 3.8) is 0 Å². The lowest BCUT2D eigenvalue weighted by molar-refractivity contribution is 0.363. The van der Waals surface area contributed by atoms with Crippen LogP contribution >= 0.6 is 11.6 Å². The van der Waals surface area contributed by atoms with Gasteiger partial charge in [0.1, 0.15) is 24.1 Å². The van der Waals surface area contributed by atoms with Gasteiger partial charge in [-0.1, -0.05) is 28.3 Å². The number of fused-ring (bicyclic) bond motifs is 2. The van der Waals surface area contributed by atoms with Crippen molar-refractivity contribution in [3.05, 3.63) is 74.8 Å². The molecule has 3 atom stereocenters. The average molecular weight is 461 g/mol. The fraction of sp³-hybridized carbons (Fsp3) is 0.318. The van der Waals surface area contributed by atoms with Crippen molar-refractivity contribution in [2.75, 3.05) is 18.0 Å². The van der Waals surface area contributed by atoms with E-state index < -0.39 is 0 Å². The second kappa shape index (κ2) is 7.35. The molecule has 1 aliphatic heterocycles. The molecule has 11 heteroatoms. The van der Waals surface area contributed by atoms with Gasteiger partial charge in [-0.15, -0.1) is 0 Å². The van der Waals surface area contributed by atoms with Crippen LogP contribution in [0.3, 0.4) is 0 Å². The van der Waals surface area contributed by atoms with Gasteiger partial charge in [0.15, 0.2) is 5.82 Å². The highest BCUT2D eigenvalue weighted by molar-refractivity contribution is 6.30. The lowest BCUT2D eigenvalue weighted by Crippen LogP contribution is -2.24. The van der Waals surface area contributed by atoms with E-state index in [2.05, 4.69) is 34.8 Å². The minimum Gasteiger partial charge on any atom is -0.361 e. The van der Waals surface area contributed by atoms with Crippen LogP contribution in [0.2, 0.25) is 5.02 Å². The highest BCUT2D eigenvalue weighted by atomic mass is 35.5. The molecule has 0 N–H and O–H groups in total. The SMILES string of the molecule is [C-]#[N+]c1cc(C)c2c(=O)n(Cc3nc(C4[C@H]5CN(c6cc(Cl)ccn6)C[C@@H]45)no3)cnc2n1. The summed E-state index contributed by atoms with van der Waals surface area (Å²) in [5, 5.41) is 5.24. The molecule has 164 valence electrons. The standard InChI is InChI=1S/C22H17ClN8O2/c1-11-5-15(24-2)27-20-18(11)22(32)31(10-26-20)9-17-28-21(29-33-17)19-13-7-30(8-14(13)19)16-6-12(23)3-4-25-16/h3-6,10,13-14,19H,7-9H2,1H3/t13-,14+,19?. The molecule has 1 saturated carbocycles. The van der Waals surface area contributed by atoms with E-state index in [1.54, 1.807) is 25.3 Å². The van der Waals surface area contributed by atoms with Crippen LogP contribution in [0.5, 0.6) is 0 Å². The maximum atomic E-state index is 13.0. The predicted molar refractivity (Wildman–Crippen MR) is 119 cm³/mol. The molecule has 1 unspecified atom stereocenters. The van der Waals surface area contributed by atoms with Crippen molar-refractivity contribution in [2.24, 2.45) is 11.8 Å². The molecular weight excluding hydrogens is 444 g/mol. The topological polar surface area (TPSA) is 107 Å². The predicted octanol–water partition coefficient (Wildman–Crippen LogP) is 2.98. The second-order valence-corrected chi connectivity index (χ2v) is 8.86. The summed E-state index contributed by atoms with van der Waals surface area (Å²) in [6.07, 6.45) is 3.12. The molecule has 5 heterocycles. The molecule has 1 aliphatic carbocycles. The maximum Gasteiger partial charge on any atom is 0.272 e. The number of hydrogen-bond acceptors (Lipinski definition) is 8. The normalized spacial score (nSPS) is 21.2. The van der Waals surface area contributed by atoms with E-state index in [-0.39, 0.29) is 29.5 Å². The Morgan fingerprint density at radius 1 is 1.24 bits per heavy atom. The van der Waals surface area contributed by atoms with E-state index in [9.17, 15) is 4.79 Å². The van der Waals surface area contributed by atoms with Crippen molar-refractivity contribution in [1.82, 2.24) is 29.7 Å². The summed E-state index contributed by atoms with van der Waals surface area (Å²) in [6, 6.07) is 5.23. The summed E-state index contributed by atoms with van der Waals surface area (Å²) in [5.74, 6) is 3.29. The van der Waals surface area contributed by atoms with Crippen molar-refractivity contribution in [2.45, 2.75) is 19.4 Å². The Kier molecular flexibility index (Phi) is 4.41. The zero-order valence-electron chi connectivity index (χ0n) is 17.5. The molecule has 6 rings (SSSR count). The van der Waals surface area contributed by atoms with Gasteiger partial charge in [0, 0.05) is 30.2 Å². The Bertz CT molecular complexity index is 1490. The number of anilines is 1. The van der Waals surface area contributed by atoms with Gasteiger partial charge in [-0.05, 0) is 42.5 Å². The first-order valence-corrected chi connectivity index (χ1v) is 10.8. The number of nitrogens with zero attached hydrogens (tertiary/aromatic N) is 8. The lowest BCUT2D eigenvalue weighted by Gasteiger charge is -2.20. The first-order chi connectivity index (χ1) is 16.0. The maximum absolute atomic E-state index is 13.0. The number of rotatable bonds is 4. The Labute approximate surface area is 192 Å². The third-order valence-electron chi connectivity index (χ3n) is 6.41. The highest BCUT2D eigenvalue weighted by Gasteiger charge is 2.58. The van der Waals surface area contributed by atoms with Crippen molar-refractivity contribution < 1.29 is 4.52 Å². The molecule has 2 fully saturated rings. The van der Waals surface area contributed by atoms with E-state index in [1.807, 2.05) is 6.07 Å². The number of pyridine rings is 2. The summed E-state index contributed by atoms with van der Waals surface area (Å²) in [6.45, 7) is 10.8. The van der Waals surface area contributed by atoms with Crippen LogP contribution in [0.15, 0.2) is 40.0 Å². The third-order valence-corrected chi connectivity index (χ3v) is 6.64. The van der Waals surface area contributed by atoms with Gasteiger partial charge in [0.05, 0.1) is 0 Å². The van der Waals surface area contributed by atoms with Gasteiger partial charge in [-0.25, -0.2) is 4.98 Å². The van der Waals surface area contributed by atoms with Crippen LogP contribution < -0.4 is 10.5 Å². The van der Waals surface area contributed by atoms with E-state index in [0.717, 1.165) is 18.9 Å². The first kappa shape index (κ1) is 19.8. The Morgan fingerprint density at radius 2 is 2.06 bits per heavy atom. The quantitative estimate of drug-likeness (QED) is 0.428. The fourth-order valence-corrected chi connectivity index (χ4v) is 4.92. The number of halogens is 1. The van der Waals surface area contributed by atoms with E-state index in [0.29, 0.717) is 39.5 Å².